The number of morpholine rings is 1. The molecule has 0 saturated carbocycles. The molecule has 0 aliphatic carbocycles. The zero-order chi connectivity index (χ0) is 21.6. The summed E-state index contributed by atoms with van der Waals surface area (Å²) in [7, 11) is 0. The molecule has 1 aromatic heterocycles. The molecule has 0 spiro atoms. The van der Waals surface area contributed by atoms with Crippen molar-refractivity contribution in [3.63, 3.8) is 0 Å². The van der Waals surface area contributed by atoms with E-state index in [9.17, 15) is 9.59 Å². The molecule has 2 fully saturated rings. The van der Waals surface area contributed by atoms with Crippen LogP contribution in [0.15, 0.2) is 29.6 Å². The van der Waals surface area contributed by atoms with Gasteiger partial charge in [0.05, 0.1) is 26.2 Å². The van der Waals surface area contributed by atoms with Crippen LogP contribution in [0.4, 0.5) is 11.4 Å². The highest BCUT2D eigenvalue weighted by atomic mass is 32.1. The Balaban J connectivity index is 1.19. The zero-order valence-corrected chi connectivity index (χ0v) is 18.7. The first-order valence-electron chi connectivity index (χ1n) is 10.7. The number of piperazine rings is 1. The molecule has 2 saturated heterocycles. The van der Waals surface area contributed by atoms with E-state index in [0.717, 1.165) is 48.4 Å². The minimum absolute atomic E-state index is 0.0304. The topological polar surface area (TPSA) is 78.0 Å². The molecule has 166 valence electrons. The Hall–Kier alpha value is -2.49. The highest BCUT2D eigenvalue weighted by molar-refractivity contribution is 7.09. The number of hydrogen-bond acceptors (Lipinski definition) is 7. The van der Waals surface area contributed by atoms with Crippen molar-refractivity contribution in [1.29, 1.82) is 0 Å². The molecule has 1 aromatic carbocycles. The Bertz CT molecular complexity index is 887. The van der Waals surface area contributed by atoms with Crippen molar-refractivity contribution in [2.24, 2.45) is 0 Å². The van der Waals surface area contributed by atoms with Crippen molar-refractivity contribution in [3.8, 4) is 0 Å². The Morgan fingerprint density at radius 3 is 2.42 bits per heavy atom. The number of aryl methyl sites for hydroxylation is 1. The molecule has 2 aliphatic rings. The molecule has 9 heteroatoms. The van der Waals surface area contributed by atoms with Crippen LogP contribution in [0.3, 0.4) is 0 Å². The molecule has 2 aromatic rings. The summed E-state index contributed by atoms with van der Waals surface area (Å²) in [6.45, 7) is 8.25. The maximum atomic E-state index is 12.5. The molecule has 2 aliphatic heterocycles. The quantitative estimate of drug-likeness (QED) is 0.731. The number of nitrogens with one attached hydrogen (secondary N) is 1. The molecule has 8 nitrogen and oxygen atoms in total. The minimum Gasteiger partial charge on any atom is -0.378 e. The van der Waals surface area contributed by atoms with Gasteiger partial charge in [-0.25, -0.2) is 4.98 Å². The van der Waals surface area contributed by atoms with Crippen LogP contribution in [0.5, 0.6) is 0 Å². The summed E-state index contributed by atoms with van der Waals surface area (Å²) in [5.41, 5.74) is 2.91. The van der Waals surface area contributed by atoms with Gasteiger partial charge in [-0.1, -0.05) is 0 Å². The first-order valence-corrected chi connectivity index (χ1v) is 11.6. The number of amides is 2. The first-order chi connectivity index (χ1) is 15.1. The lowest BCUT2D eigenvalue weighted by atomic mass is 10.2. The van der Waals surface area contributed by atoms with Crippen LogP contribution in [0.1, 0.15) is 10.7 Å². The van der Waals surface area contributed by atoms with Gasteiger partial charge in [0.2, 0.25) is 11.8 Å². The van der Waals surface area contributed by atoms with Gasteiger partial charge in [0.15, 0.2) is 0 Å². The summed E-state index contributed by atoms with van der Waals surface area (Å²) >= 11 is 1.53. The molecule has 31 heavy (non-hydrogen) atoms. The van der Waals surface area contributed by atoms with Gasteiger partial charge in [0.1, 0.15) is 5.01 Å². The molecule has 2 amide bonds. The number of carbonyl (C=O) groups is 2. The predicted octanol–water partition coefficient (Wildman–Crippen LogP) is 1.61. The average Bonchev–Trinajstić information content (AvgIpc) is 3.19. The lowest BCUT2D eigenvalue weighted by molar-refractivity contribution is -0.132. The van der Waals surface area contributed by atoms with Gasteiger partial charge in [-0.2, -0.15) is 0 Å². The van der Waals surface area contributed by atoms with Crippen LogP contribution in [-0.2, 0) is 20.7 Å². The summed E-state index contributed by atoms with van der Waals surface area (Å²) < 4.78 is 5.39. The predicted molar refractivity (Wildman–Crippen MR) is 122 cm³/mol. The largest absolute Gasteiger partial charge is 0.378 e. The van der Waals surface area contributed by atoms with E-state index >= 15 is 0 Å². The fourth-order valence-corrected chi connectivity index (χ4v) is 4.62. The van der Waals surface area contributed by atoms with E-state index in [2.05, 4.69) is 20.1 Å². The van der Waals surface area contributed by atoms with Gasteiger partial charge in [0, 0.05) is 61.7 Å². The van der Waals surface area contributed by atoms with Crippen LogP contribution in [-0.4, -0.2) is 85.6 Å². The second kappa shape index (κ2) is 10.2. The Labute approximate surface area is 186 Å². The molecule has 1 N–H and O–H groups in total. The molecular formula is C22H29N5O3S. The average molecular weight is 444 g/mol. The van der Waals surface area contributed by atoms with Crippen LogP contribution in [0.2, 0.25) is 0 Å². The molecule has 0 bridgehead atoms. The second-order valence-electron chi connectivity index (χ2n) is 7.91. The summed E-state index contributed by atoms with van der Waals surface area (Å²) in [5, 5.41) is 5.81. The number of benzene rings is 1. The molecular weight excluding hydrogens is 414 g/mol. The van der Waals surface area contributed by atoms with E-state index in [0.29, 0.717) is 39.1 Å². The van der Waals surface area contributed by atoms with E-state index < -0.39 is 0 Å². The third kappa shape index (κ3) is 6.03. The monoisotopic (exact) mass is 443 g/mol. The van der Waals surface area contributed by atoms with E-state index in [1.54, 1.807) is 0 Å². The van der Waals surface area contributed by atoms with Crippen LogP contribution in [0, 0.1) is 6.92 Å². The Kier molecular flexibility index (Phi) is 7.16. The van der Waals surface area contributed by atoms with E-state index in [-0.39, 0.29) is 11.8 Å². The fraction of sp³-hybridized carbons (Fsp3) is 0.500. The second-order valence-corrected chi connectivity index (χ2v) is 8.85. The molecule has 3 heterocycles. The summed E-state index contributed by atoms with van der Waals surface area (Å²) in [4.78, 5) is 35.5. The van der Waals surface area contributed by atoms with Gasteiger partial charge in [-0.15, -0.1) is 11.3 Å². The number of ether oxygens (including phenoxy) is 1. The number of hydrogen-bond donors (Lipinski definition) is 1. The van der Waals surface area contributed by atoms with Crippen molar-refractivity contribution in [3.05, 3.63) is 40.3 Å². The summed E-state index contributed by atoms with van der Waals surface area (Å²) in [5.74, 6) is 0.0796. The standard InChI is InChI=1S/C22H29N5O3S/c1-17-16-31-21(23-17)14-22(29)27-8-6-25(7-9-27)15-20(28)24-18-2-4-19(5-3-18)26-10-12-30-13-11-26/h2-5,16H,6-15H2,1H3,(H,24,28). The number of thiazole rings is 1. The smallest absolute Gasteiger partial charge is 0.238 e. The lowest BCUT2D eigenvalue weighted by Crippen LogP contribution is -2.50. The molecule has 0 radical (unpaired) electrons. The highest BCUT2D eigenvalue weighted by Gasteiger charge is 2.23. The third-order valence-electron chi connectivity index (χ3n) is 5.59. The van der Waals surface area contributed by atoms with Crippen molar-refractivity contribution in [2.45, 2.75) is 13.3 Å². The molecule has 4 rings (SSSR count). The van der Waals surface area contributed by atoms with Crippen molar-refractivity contribution < 1.29 is 14.3 Å². The maximum Gasteiger partial charge on any atom is 0.238 e. The Morgan fingerprint density at radius 2 is 1.77 bits per heavy atom. The van der Waals surface area contributed by atoms with Crippen LogP contribution < -0.4 is 10.2 Å². The van der Waals surface area contributed by atoms with E-state index in [4.69, 9.17) is 4.74 Å². The molecule has 0 atom stereocenters. The molecule has 0 unspecified atom stereocenters. The Morgan fingerprint density at radius 1 is 1.06 bits per heavy atom. The summed E-state index contributed by atoms with van der Waals surface area (Å²) in [6.07, 6.45) is 0.361. The summed E-state index contributed by atoms with van der Waals surface area (Å²) in [6, 6.07) is 7.96. The SMILES string of the molecule is Cc1csc(CC(=O)N2CCN(CC(=O)Nc3ccc(N4CCOCC4)cc3)CC2)n1. The maximum absolute atomic E-state index is 12.5. The van der Waals surface area contributed by atoms with E-state index in [1.165, 1.54) is 11.3 Å². The van der Waals surface area contributed by atoms with Gasteiger partial charge in [-0.05, 0) is 31.2 Å². The van der Waals surface area contributed by atoms with Gasteiger partial charge in [0.25, 0.3) is 0 Å². The van der Waals surface area contributed by atoms with Crippen molar-refractivity contribution in [2.75, 3.05) is 69.2 Å². The van der Waals surface area contributed by atoms with Crippen LogP contribution >= 0.6 is 11.3 Å². The van der Waals surface area contributed by atoms with Crippen LogP contribution in [0.25, 0.3) is 0 Å². The van der Waals surface area contributed by atoms with Crippen molar-refractivity contribution in [1.82, 2.24) is 14.8 Å². The number of carbonyl (C=O) groups excluding carboxylic acids is 2. The van der Waals surface area contributed by atoms with Gasteiger partial charge < -0.3 is 19.9 Å². The number of aromatic nitrogens is 1. The normalized spacial score (nSPS) is 17.6. The number of rotatable bonds is 6. The first kappa shape index (κ1) is 21.7. The fourth-order valence-electron chi connectivity index (χ4n) is 3.86. The number of nitrogens with zero attached hydrogens (tertiary/aromatic N) is 4. The third-order valence-corrected chi connectivity index (χ3v) is 6.56. The highest BCUT2D eigenvalue weighted by Crippen LogP contribution is 2.19. The number of anilines is 2. The van der Waals surface area contributed by atoms with Gasteiger partial charge >= 0.3 is 0 Å². The van der Waals surface area contributed by atoms with E-state index in [1.807, 2.05) is 41.5 Å². The minimum atomic E-state index is -0.0304. The van der Waals surface area contributed by atoms with Crippen molar-refractivity contribution >= 4 is 34.5 Å². The van der Waals surface area contributed by atoms with Gasteiger partial charge in [-0.3, -0.25) is 14.5 Å². The lowest BCUT2D eigenvalue weighted by Gasteiger charge is -2.34. The zero-order valence-electron chi connectivity index (χ0n) is 17.9.